The minimum absolute atomic E-state index is 0.0985. The Labute approximate surface area is 243 Å². The summed E-state index contributed by atoms with van der Waals surface area (Å²) in [7, 11) is 3.99. The molecule has 11 heteroatoms. The average molecular weight is 568 g/mol. The van der Waals surface area contributed by atoms with Gasteiger partial charge in [0.15, 0.2) is 0 Å². The molecule has 3 fully saturated rings. The van der Waals surface area contributed by atoms with Gasteiger partial charge in [-0.1, -0.05) is 6.07 Å². The third kappa shape index (κ3) is 4.62. The number of rotatable bonds is 8. The first-order chi connectivity index (χ1) is 20.3. The Bertz CT molecular complexity index is 1620. The normalized spacial score (nSPS) is 23.5. The van der Waals surface area contributed by atoms with Gasteiger partial charge in [0, 0.05) is 50.4 Å². The lowest BCUT2D eigenvalue weighted by Gasteiger charge is -2.35. The smallest absolute Gasteiger partial charge is 0.262 e. The van der Waals surface area contributed by atoms with Crippen LogP contribution in [0.4, 0.5) is 11.5 Å². The number of hydrogen-bond donors (Lipinski definition) is 2. The van der Waals surface area contributed by atoms with Crippen LogP contribution in [0.15, 0.2) is 42.6 Å². The van der Waals surface area contributed by atoms with Crippen LogP contribution >= 0.6 is 0 Å². The number of anilines is 2. The van der Waals surface area contributed by atoms with Gasteiger partial charge in [0.2, 0.25) is 11.8 Å². The Morgan fingerprint density at radius 2 is 1.76 bits per heavy atom. The lowest BCUT2D eigenvalue weighted by atomic mass is 9.80. The van der Waals surface area contributed by atoms with Gasteiger partial charge in [0.25, 0.3) is 11.8 Å². The first-order valence-electron chi connectivity index (χ1n) is 14.6. The zero-order valence-electron chi connectivity index (χ0n) is 23.7. The standard InChI is InChI=1S/C31H33N7O4/c1-36(2)26-5-3-4-24(33-26)23-16-37(35-28(23)18-6-7-18)20-12-17(13-20)15-32-19-8-9-21-22(14-19)31(42)38(30(21)41)25-10-11-27(39)34-29(25)40/h3-5,8-9,14,16-18,20,25,32H,6-7,10-13,15H2,1-2H3,(H,34,39,40). The third-order valence-corrected chi connectivity index (χ3v) is 8.81. The summed E-state index contributed by atoms with van der Waals surface area (Å²) >= 11 is 0. The van der Waals surface area contributed by atoms with Gasteiger partial charge in [-0.15, -0.1) is 0 Å². The molecule has 11 nitrogen and oxygen atoms in total. The number of pyridine rings is 1. The maximum atomic E-state index is 13.1. The van der Waals surface area contributed by atoms with Crippen LogP contribution in [0, 0.1) is 5.92 Å². The van der Waals surface area contributed by atoms with Gasteiger partial charge in [-0.25, -0.2) is 4.98 Å². The van der Waals surface area contributed by atoms with Gasteiger partial charge in [0.05, 0.1) is 28.6 Å². The molecule has 7 rings (SSSR count). The number of benzene rings is 1. The third-order valence-electron chi connectivity index (χ3n) is 8.81. The molecule has 2 aromatic heterocycles. The maximum Gasteiger partial charge on any atom is 0.262 e. The number of hydrogen-bond acceptors (Lipinski definition) is 8. The summed E-state index contributed by atoms with van der Waals surface area (Å²) in [6.45, 7) is 0.740. The molecular formula is C31H33N7O4. The van der Waals surface area contributed by atoms with Crippen LogP contribution in [0.1, 0.15) is 76.9 Å². The molecule has 0 bridgehead atoms. The highest BCUT2D eigenvalue weighted by molar-refractivity contribution is 6.23. The van der Waals surface area contributed by atoms with Crippen molar-refractivity contribution < 1.29 is 19.2 Å². The number of carbonyl (C=O) groups is 4. The summed E-state index contributed by atoms with van der Waals surface area (Å²) in [6, 6.07) is 10.6. The monoisotopic (exact) mass is 567 g/mol. The highest BCUT2D eigenvalue weighted by Crippen LogP contribution is 2.45. The summed E-state index contributed by atoms with van der Waals surface area (Å²) in [5, 5.41) is 10.7. The van der Waals surface area contributed by atoms with E-state index in [9.17, 15) is 19.2 Å². The molecule has 2 saturated carbocycles. The van der Waals surface area contributed by atoms with E-state index >= 15 is 0 Å². The predicted molar refractivity (Wildman–Crippen MR) is 155 cm³/mol. The molecule has 1 aromatic carbocycles. The van der Waals surface area contributed by atoms with Crippen LogP contribution in [-0.4, -0.2) is 70.0 Å². The van der Waals surface area contributed by atoms with Crippen molar-refractivity contribution >= 4 is 35.1 Å². The van der Waals surface area contributed by atoms with Crippen molar-refractivity contribution in [3.8, 4) is 11.3 Å². The quantitative estimate of drug-likeness (QED) is 0.397. The van der Waals surface area contributed by atoms with E-state index in [4.69, 9.17) is 10.1 Å². The molecule has 0 spiro atoms. The fourth-order valence-corrected chi connectivity index (χ4v) is 6.20. The molecule has 4 aliphatic rings. The first kappa shape index (κ1) is 26.4. The second-order valence-corrected chi connectivity index (χ2v) is 12.0. The second-order valence-electron chi connectivity index (χ2n) is 12.0. The predicted octanol–water partition coefficient (Wildman–Crippen LogP) is 3.35. The van der Waals surface area contributed by atoms with Crippen LogP contribution in [0.3, 0.4) is 0 Å². The maximum absolute atomic E-state index is 13.1. The summed E-state index contributed by atoms with van der Waals surface area (Å²) in [4.78, 5) is 57.8. The number of imide groups is 2. The number of carbonyl (C=O) groups excluding carboxylic acids is 4. The molecule has 4 heterocycles. The Morgan fingerprint density at radius 1 is 0.976 bits per heavy atom. The fourth-order valence-electron chi connectivity index (χ4n) is 6.20. The molecule has 2 N–H and O–H groups in total. The second kappa shape index (κ2) is 10.1. The van der Waals surface area contributed by atoms with Crippen molar-refractivity contribution in [3.63, 3.8) is 0 Å². The van der Waals surface area contributed by atoms with E-state index in [1.54, 1.807) is 18.2 Å². The van der Waals surface area contributed by atoms with Gasteiger partial charge in [0.1, 0.15) is 11.9 Å². The van der Waals surface area contributed by atoms with Gasteiger partial charge < -0.3 is 10.2 Å². The number of amides is 4. The van der Waals surface area contributed by atoms with Crippen molar-refractivity contribution in [1.29, 1.82) is 0 Å². The molecule has 3 aromatic rings. The molecular weight excluding hydrogens is 534 g/mol. The van der Waals surface area contributed by atoms with Crippen molar-refractivity contribution in [2.24, 2.45) is 5.92 Å². The van der Waals surface area contributed by atoms with Gasteiger partial charge in [-0.2, -0.15) is 5.10 Å². The number of fused-ring (bicyclic) bond motifs is 1. The van der Waals surface area contributed by atoms with Crippen molar-refractivity contribution in [2.75, 3.05) is 30.9 Å². The number of aromatic nitrogens is 3. The zero-order chi connectivity index (χ0) is 29.1. The fraction of sp³-hybridized carbons (Fsp3) is 0.419. The first-order valence-corrected chi connectivity index (χ1v) is 14.6. The summed E-state index contributed by atoms with van der Waals surface area (Å²) in [6.07, 6.45) is 6.75. The summed E-state index contributed by atoms with van der Waals surface area (Å²) < 4.78 is 2.13. The molecule has 1 saturated heterocycles. The Morgan fingerprint density at radius 3 is 2.50 bits per heavy atom. The van der Waals surface area contributed by atoms with Crippen LogP contribution in [-0.2, 0) is 9.59 Å². The van der Waals surface area contributed by atoms with Crippen molar-refractivity contribution in [1.82, 2.24) is 25.0 Å². The van der Waals surface area contributed by atoms with E-state index < -0.39 is 23.8 Å². The van der Waals surface area contributed by atoms with E-state index in [0.29, 0.717) is 17.9 Å². The van der Waals surface area contributed by atoms with Crippen molar-refractivity contribution in [2.45, 2.75) is 56.5 Å². The lowest BCUT2D eigenvalue weighted by molar-refractivity contribution is -0.136. The van der Waals surface area contributed by atoms with Crippen molar-refractivity contribution in [3.05, 3.63) is 59.4 Å². The van der Waals surface area contributed by atoms with E-state index in [-0.39, 0.29) is 29.9 Å². The van der Waals surface area contributed by atoms with E-state index in [1.165, 1.54) is 12.8 Å². The highest BCUT2D eigenvalue weighted by Gasteiger charge is 2.44. The average Bonchev–Trinajstić information content (AvgIpc) is 3.66. The van der Waals surface area contributed by atoms with Crippen LogP contribution in [0.5, 0.6) is 0 Å². The minimum Gasteiger partial charge on any atom is -0.385 e. The molecule has 1 unspecified atom stereocenters. The molecule has 4 amide bonds. The topological polar surface area (TPSA) is 130 Å². The number of nitrogens with zero attached hydrogens (tertiary/aromatic N) is 5. The molecule has 0 radical (unpaired) electrons. The Hall–Kier alpha value is -4.54. The van der Waals surface area contributed by atoms with Gasteiger partial charge in [-0.3, -0.25) is 34.1 Å². The van der Waals surface area contributed by atoms with E-state index in [0.717, 1.165) is 52.7 Å². The molecule has 42 heavy (non-hydrogen) atoms. The molecule has 2 aliphatic heterocycles. The Kier molecular flexibility index (Phi) is 6.32. The van der Waals surface area contributed by atoms with Crippen LogP contribution < -0.4 is 15.5 Å². The number of piperidine rings is 1. The molecule has 2 aliphatic carbocycles. The van der Waals surface area contributed by atoms with E-state index in [2.05, 4.69) is 27.6 Å². The lowest BCUT2D eigenvalue weighted by Crippen LogP contribution is -2.54. The van der Waals surface area contributed by atoms with Crippen LogP contribution in [0.2, 0.25) is 0 Å². The SMILES string of the molecule is CN(C)c1cccc(-c2cn(C3CC(CNc4ccc5c(c4)C(=O)N(C4CCC(=O)NC4=O)C5=O)C3)nc2C2CC2)n1. The summed E-state index contributed by atoms with van der Waals surface area (Å²) in [5.41, 5.74) is 4.57. The zero-order valence-corrected chi connectivity index (χ0v) is 23.7. The molecule has 216 valence electrons. The highest BCUT2D eigenvalue weighted by atomic mass is 16.2. The van der Waals surface area contributed by atoms with Gasteiger partial charge >= 0.3 is 0 Å². The minimum atomic E-state index is -0.964. The summed E-state index contributed by atoms with van der Waals surface area (Å²) in [5.74, 6) is -0.0878. The largest absolute Gasteiger partial charge is 0.385 e. The van der Waals surface area contributed by atoms with Gasteiger partial charge in [-0.05, 0) is 68.4 Å². The number of nitrogens with one attached hydrogen (secondary N) is 2. The van der Waals surface area contributed by atoms with Crippen LogP contribution in [0.25, 0.3) is 11.3 Å². The van der Waals surface area contributed by atoms with E-state index in [1.807, 2.05) is 31.1 Å². The Balaban J connectivity index is 0.991. The molecule has 1 atom stereocenters.